The van der Waals surface area contributed by atoms with E-state index >= 15 is 0 Å². The molecule has 0 radical (unpaired) electrons. The maximum absolute atomic E-state index is 12.7. The van der Waals surface area contributed by atoms with Gasteiger partial charge < -0.3 is 18.9 Å². The molecule has 0 aliphatic carbocycles. The second kappa shape index (κ2) is 10.4. The summed E-state index contributed by atoms with van der Waals surface area (Å²) in [4.78, 5) is 26.5. The summed E-state index contributed by atoms with van der Waals surface area (Å²) in [5.74, 6) is 0.284. The van der Waals surface area contributed by atoms with Crippen LogP contribution in [-0.4, -0.2) is 60.4 Å². The van der Waals surface area contributed by atoms with Gasteiger partial charge in [-0.15, -0.1) is 0 Å². The van der Waals surface area contributed by atoms with Crippen molar-refractivity contribution in [2.75, 3.05) is 32.9 Å². The van der Waals surface area contributed by atoms with Crippen LogP contribution in [0.5, 0.6) is 5.75 Å². The molecule has 0 atom stereocenters. The minimum atomic E-state index is -0.365. The van der Waals surface area contributed by atoms with Crippen molar-refractivity contribution in [3.63, 3.8) is 0 Å². The van der Waals surface area contributed by atoms with Crippen LogP contribution in [0.4, 0.5) is 0 Å². The number of carbonyl (C=O) groups excluding carboxylic acids is 2. The Kier molecular flexibility index (Phi) is 7.18. The summed E-state index contributed by atoms with van der Waals surface area (Å²) in [5.41, 5.74) is 4.22. The Bertz CT molecular complexity index is 1120. The smallest absolute Gasteiger partial charge is 0.277 e. The molecule has 1 aromatic heterocycles. The fraction of sp³-hybridized carbons (Fsp3) is 0.261. The largest absolute Gasteiger partial charge is 0.484 e. The van der Waals surface area contributed by atoms with Gasteiger partial charge in [0.25, 0.3) is 5.91 Å². The summed E-state index contributed by atoms with van der Waals surface area (Å²) >= 11 is 3.35. The van der Waals surface area contributed by atoms with Gasteiger partial charge >= 0.3 is 0 Å². The summed E-state index contributed by atoms with van der Waals surface area (Å²) < 4.78 is 13.6. The number of ether oxygens (including phenoxy) is 2. The van der Waals surface area contributed by atoms with E-state index < -0.39 is 0 Å². The lowest BCUT2D eigenvalue weighted by molar-refractivity contribution is -0.135. The Labute approximate surface area is 193 Å². The van der Waals surface area contributed by atoms with Crippen molar-refractivity contribution < 1.29 is 19.1 Å². The van der Waals surface area contributed by atoms with E-state index in [9.17, 15) is 9.59 Å². The lowest BCUT2D eigenvalue weighted by atomic mass is 10.2. The van der Waals surface area contributed by atoms with E-state index in [4.69, 9.17) is 9.47 Å². The van der Waals surface area contributed by atoms with Gasteiger partial charge in [0.2, 0.25) is 5.91 Å². The standard InChI is InChI=1S/C23H23BrN4O4/c24-18-5-7-19(8-6-18)32-16-22(29)26-25-13-17-14-28(21-4-2-1-3-20(17)21)15-23(30)27-9-11-31-12-10-27/h1-8,13-14H,9-12,15-16H2,(H,26,29)/b25-13+. The van der Waals surface area contributed by atoms with Crippen LogP contribution in [0.3, 0.4) is 0 Å². The summed E-state index contributed by atoms with van der Waals surface area (Å²) in [6, 6.07) is 15.0. The number of morpholine rings is 1. The molecular formula is C23H23BrN4O4. The normalized spacial score (nSPS) is 14.1. The number of halogens is 1. The van der Waals surface area contributed by atoms with Gasteiger partial charge in [-0.05, 0) is 30.3 Å². The van der Waals surface area contributed by atoms with Gasteiger partial charge in [-0.3, -0.25) is 9.59 Å². The minimum Gasteiger partial charge on any atom is -0.484 e. The molecule has 2 heterocycles. The number of amides is 2. The highest BCUT2D eigenvalue weighted by Crippen LogP contribution is 2.20. The van der Waals surface area contributed by atoms with Crippen LogP contribution in [-0.2, 0) is 20.9 Å². The number of fused-ring (bicyclic) bond motifs is 1. The minimum absolute atomic E-state index is 0.0518. The Morgan fingerprint density at radius 2 is 1.88 bits per heavy atom. The van der Waals surface area contributed by atoms with Gasteiger partial charge in [0.1, 0.15) is 12.3 Å². The third-order valence-corrected chi connectivity index (χ3v) is 5.59. The van der Waals surface area contributed by atoms with E-state index in [-0.39, 0.29) is 25.0 Å². The third kappa shape index (κ3) is 5.54. The molecule has 0 bridgehead atoms. The number of nitrogens with one attached hydrogen (secondary N) is 1. The van der Waals surface area contributed by atoms with Crippen LogP contribution in [0.15, 0.2) is 64.3 Å². The second-order valence-corrected chi connectivity index (χ2v) is 8.17. The van der Waals surface area contributed by atoms with Crippen molar-refractivity contribution in [2.45, 2.75) is 6.54 Å². The van der Waals surface area contributed by atoms with Crippen LogP contribution in [0, 0.1) is 0 Å². The molecule has 166 valence electrons. The molecule has 0 saturated carbocycles. The highest BCUT2D eigenvalue weighted by molar-refractivity contribution is 9.10. The fourth-order valence-corrected chi connectivity index (χ4v) is 3.72. The lowest BCUT2D eigenvalue weighted by Crippen LogP contribution is -2.42. The number of hydrogen-bond acceptors (Lipinski definition) is 5. The van der Waals surface area contributed by atoms with Gasteiger partial charge in [-0.2, -0.15) is 5.10 Å². The molecule has 3 aromatic rings. The number of aromatic nitrogens is 1. The molecule has 0 unspecified atom stereocenters. The van der Waals surface area contributed by atoms with Crippen molar-refractivity contribution in [3.05, 3.63) is 64.8 Å². The van der Waals surface area contributed by atoms with E-state index in [1.54, 1.807) is 18.3 Å². The van der Waals surface area contributed by atoms with Gasteiger partial charge in [-0.25, -0.2) is 5.43 Å². The molecule has 1 fully saturated rings. The number of hydrogen-bond donors (Lipinski definition) is 1. The van der Waals surface area contributed by atoms with E-state index in [1.807, 2.05) is 52.1 Å². The Balaban J connectivity index is 1.39. The zero-order chi connectivity index (χ0) is 22.3. The predicted octanol–water partition coefficient (Wildman–Crippen LogP) is 2.79. The quantitative estimate of drug-likeness (QED) is 0.400. The maximum atomic E-state index is 12.7. The van der Waals surface area contributed by atoms with Gasteiger partial charge in [-0.1, -0.05) is 34.1 Å². The number of rotatable bonds is 7. The van der Waals surface area contributed by atoms with E-state index in [2.05, 4.69) is 26.5 Å². The molecule has 1 aliphatic heterocycles. The second-order valence-electron chi connectivity index (χ2n) is 7.26. The third-order valence-electron chi connectivity index (χ3n) is 5.07. The Hall–Kier alpha value is -3.17. The first kappa shape index (κ1) is 22.0. The molecular weight excluding hydrogens is 476 g/mol. The number of carbonyl (C=O) groups is 2. The molecule has 4 rings (SSSR count). The first-order valence-corrected chi connectivity index (χ1v) is 11.0. The van der Waals surface area contributed by atoms with E-state index in [0.717, 1.165) is 20.9 Å². The van der Waals surface area contributed by atoms with E-state index in [1.165, 1.54) is 0 Å². The number of benzene rings is 2. The Morgan fingerprint density at radius 1 is 1.12 bits per heavy atom. The fourth-order valence-electron chi connectivity index (χ4n) is 3.45. The average molecular weight is 499 g/mol. The summed E-state index contributed by atoms with van der Waals surface area (Å²) in [7, 11) is 0. The van der Waals surface area contributed by atoms with Crippen LogP contribution in [0.25, 0.3) is 10.9 Å². The van der Waals surface area contributed by atoms with E-state index in [0.29, 0.717) is 32.1 Å². The molecule has 1 aliphatic rings. The van der Waals surface area contributed by atoms with Crippen LogP contribution >= 0.6 is 15.9 Å². The molecule has 8 nitrogen and oxygen atoms in total. The summed E-state index contributed by atoms with van der Waals surface area (Å²) in [6.45, 7) is 2.46. The molecule has 32 heavy (non-hydrogen) atoms. The lowest BCUT2D eigenvalue weighted by Gasteiger charge is -2.27. The average Bonchev–Trinajstić information content (AvgIpc) is 3.16. The molecule has 2 amide bonds. The van der Waals surface area contributed by atoms with Crippen LogP contribution < -0.4 is 10.2 Å². The highest BCUT2D eigenvalue weighted by Gasteiger charge is 2.18. The zero-order valence-electron chi connectivity index (χ0n) is 17.4. The topological polar surface area (TPSA) is 85.2 Å². The van der Waals surface area contributed by atoms with Gasteiger partial charge in [0.05, 0.1) is 19.4 Å². The monoisotopic (exact) mass is 498 g/mol. The SMILES string of the molecule is O=C(COc1ccc(Br)cc1)N/N=C/c1cn(CC(=O)N2CCOCC2)c2ccccc12. The van der Waals surface area contributed by atoms with Crippen LogP contribution in [0.1, 0.15) is 5.56 Å². The Morgan fingerprint density at radius 3 is 2.66 bits per heavy atom. The first-order chi connectivity index (χ1) is 15.6. The molecule has 2 aromatic carbocycles. The molecule has 1 saturated heterocycles. The first-order valence-electron chi connectivity index (χ1n) is 10.2. The van der Waals surface area contributed by atoms with Crippen molar-refractivity contribution in [2.24, 2.45) is 5.10 Å². The van der Waals surface area contributed by atoms with Crippen molar-refractivity contribution in [1.82, 2.24) is 14.9 Å². The van der Waals surface area contributed by atoms with Crippen LogP contribution in [0.2, 0.25) is 0 Å². The van der Waals surface area contributed by atoms with Gasteiger partial charge in [0.15, 0.2) is 6.61 Å². The molecule has 0 spiro atoms. The maximum Gasteiger partial charge on any atom is 0.277 e. The number of nitrogens with zero attached hydrogens (tertiary/aromatic N) is 3. The van der Waals surface area contributed by atoms with Crippen molar-refractivity contribution >= 4 is 44.9 Å². The summed E-state index contributed by atoms with van der Waals surface area (Å²) in [5, 5.41) is 5.01. The van der Waals surface area contributed by atoms with Crippen molar-refractivity contribution in [1.29, 1.82) is 0 Å². The van der Waals surface area contributed by atoms with Gasteiger partial charge in [0, 0.05) is 40.2 Å². The zero-order valence-corrected chi connectivity index (χ0v) is 19.0. The molecule has 9 heteroatoms. The summed E-state index contributed by atoms with van der Waals surface area (Å²) in [6.07, 6.45) is 3.45. The highest BCUT2D eigenvalue weighted by atomic mass is 79.9. The predicted molar refractivity (Wildman–Crippen MR) is 125 cm³/mol. The van der Waals surface area contributed by atoms with Crippen molar-refractivity contribution in [3.8, 4) is 5.75 Å². The number of hydrazone groups is 1. The molecule has 1 N–H and O–H groups in total. The number of para-hydroxylation sites is 1.